The molecule has 0 amide bonds. The number of benzene rings is 2. The average molecular weight is 475 g/mol. The van der Waals surface area contributed by atoms with Crippen molar-refractivity contribution in [1.29, 1.82) is 0 Å². The second kappa shape index (κ2) is 9.47. The SMILES string of the molecule is Fc1ccc(Cn2cc(Cl)c(NC(=S)Nc3cnn(Cc4ccccc4Cl)c3)n2)cc1. The number of aromatic nitrogens is 4. The van der Waals surface area contributed by atoms with Gasteiger partial charge in [0, 0.05) is 17.4 Å². The quantitative estimate of drug-likeness (QED) is 0.364. The number of anilines is 2. The van der Waals surface area contributed by atoms with Crippen molar-refractivity contribution in [2.24, 2.45) is 0 Å². The normalized spacial score (nSPS) is 10.8. The van der Waals surface area contributed by atoms with Crippen LogP contribution in [0.25, 0.3) is 0 Å². The third kappa shape index (κ3) is 5.61. The van der Waals surface area contributed by atoms with Crippen LogP contribution in [0.15, 0.2) is 67.1 Å². The van der Waals surface area contributed by atoms with Gasteiger partial charge in [0.25, 0.3) is 0 Å². The molecule has 0 bridgehead atoms. The van der Waals surface area contributed by atoms with Crippen LogP contribution in [0.2, 0.25) is 10.0 Å². The van der Waals surface area contributed by atoms with E-state index >= 15 is 0 Å². The summed E-state index contributed by atoms with van der Waals surface area (Å²) in [6, 6.07) is 13.8. The molecule has 2 heterocycles. The summed E-state index contributed by atoms with van der Waals surface area (Å²) in [5.41, 5.74) is 2.59. The Kier molecular flexibility index (Phi) is 6.50. The number of thiocarbonyl (C=S) groups is 1. The number of nitrogens with one attached hydrogen (secondary N) is 2. The van der Waals surface area contributed by atoms with Gasteiger partial charge in [0.2, 0.25) is 0 Å². The molecule has 0 aliphatic rings. The van der Waals surface area contributed by atoms with Crippen LogP contribution in [0.5, 0.6) is 0 Å². The maximum atomic E-state index is 13.1. The third-order valence-corrected chi connectivity index (χ3v) is 5.24. The lowest BCUT2D eigenvalue weighted by molar-refractivity contribution is 0.624. The largest absolute Gasteiger partial charge is 0.330 e. The lowest BCUT2D eigenvalue weighted by atomic mass is 10.2. The zero-order valence-corrected chi connectivity index (χ0v) is 18.4. The topological polar surface area (TPSA) is 59.7 Å². The van der Waals surface area contributed by atoms with Crippen LogP contribution in [0.4, 0.5) is 15.9 Å². The van der Waals surface area contributed by atoms with Gasteiger partial charge in [0.1, 0.15) is 10.8 Å². The van der Waals surface area contributed by atoms with Gasteiger partial charge >= 0.3 is 0 Å². The van der Waals surface area contributed by atoms with Crippen molar-refractivity contribution >= 4 is 52.0 Å². The molecule has 0 fully saturated rings. The number of halogens is 3. The highest BCUT2D eigenvalue weighted by Crippen LogP contribution is 2.21. The van der Waals surface area contributed by atoms with Crippen LogP contribution in [0, 0.1) is 5.82 Å². The fourth-order valence-electron chi connectivity index (χ4n) is 2.93. The number of nitrogens with zero attached hydrogens (tertiary/aromatic N) is 4. The second-order valence-electron chi connectivity index (χ2n) is 6.75. The Bertz CT molecular complexity index is 1200. The molecule has 0 aliphatic carbocycles. The summed E-state index contributed by atoms with van der Waals surface area (Å²) in [5.74, 6) is 0.140. The molecule has 2 N–H and O–H groups in total. The first-order chi connectivity index (χ1) is 15.0. The summed E-state index contributed by atoms with van der Waals surface area (Å²) in [6.07, 6.45) is 5.17. The molecular formula is C21H17Cl2FN6S. The molecule has 0 atom stereocenters. The molecule has 10 heteroatoms. The van der Waals surface area contributed by atoms with E-state index < -0.39 is 0 Å². The first-order valence-electron chi connectivity index (χ1n) is 9.27. The van der Waals surface area contributed by atoms with Crippen molar-refractivity contribution in [3.63, 3.8) is 0 Å². The summed E-state index contributed by atoms with van der Waals surface area (Å²) in [6.45, 7) is 0.998. The average Bonchev–Trinajstić information content (AvgIpc) is 3.31. The van der Waals surface area contributed by atoms with Gasteiger partial charge in [-0.1, -0.05) is 53.5 Å². The number of hydrogen-bond acceptors (Lipinski definition) is 3. The lowest BCUT2D eigenvalue weighted by Crippen LogP contribution is -2.19. The Balaban J connectivity index is 1.36. The Morgan fingerprint density at radius 1 is 0.935 bits per heavy atom. The molecule has 4 rings (SSSR count). The number of hydrogen-bond donors (Lipinski definition) is 2. The van der Waals surface area contributed by atoms with Crippen molar-refractivity contribution in [1.82, 2.24) is 19.6 Å². The summed E-state index contributed by atoms with van der Waals surface area (Å²) < 4.78 is 16.5. The molecule has 0 aliphatic heterocycles. The first-order valence-corrected chi connectivity index (χ1v) is 10.4. The smallest absolute Gasteiger partial charge is 0.176 e. The highest BCUT2D eigenvalue weighted by atomic mass is 35.5. The van der Waals surface area contributed by atoms with Gasteiger partial charge in [-0.3, -0.25) is 9.36 Å². The molecule has 0 spiro atoms. The highest BCUT2D eigenvalue weighted by molar-refractivity contribution is 7.80. The van der Waals surface area contributed by atoms with E-state index in [1.165, 1.54) is 12.1 Å². The van der Waals surface area contributed by atoms with Crippen LogP contribution in [0.1, 0.15) is 11.1 Å². The standard InChI is InChI=1S/C21H17Cl2FN6S/c22-18-4-2-1-3-15(18)11-29-12-17(9-25-29)26-21(31)27-20-19(23)13-30(28-20)10-14-5-7-16(24)8-6-14/h1-9,12-13H,10-11H2,(H2,26,27,28,31). The fraction of sp³-hybridized carbons (Fsp3) is 0.0952. The van der Waals surface area contributed by atoms with Gasteiger partial charge in [-0.2, -0.15) is 10.2 Å². The molecule has 4 aromatic rings. The summed E-state index contributed by atoms with van der Waals surface area (Å²) >= 11 is 17.8. The molecule has 6 nitrogen and oxygen atoms in total. The summed E-state index contributed by atoms with van der Waals surface area (Å²) in [5, 5.41) is 16.2. The minimum atomic E-state index is -0.281. The lowest BCUT2D eigenvalue weighted by Gasteiger charge is -2.07. The maximum absolute atomic E-state index is 13.1. The summed E-state index contributed by atoms with van der Waals surface area (Å²) in [7, 11) is 0. The van der Waals surface area contributed by atoms with Crippen LogP contribution in [0.3, 0.4) is 0 Å². The Labute approximate surface area is 193 Å². The zero-order valence-electron chi connectivity index (χ0n) is 16.1. The van der Waals surface area contributed by atoms with E-state index in [9.17, 15) is 4.39 Å². The van der Waals surface area contributed by atoms with Crippen molar-refractivity contribution in [3.8, 4) is 0 Å². The molecule has 2 aromatic heterocycles. The van der Waals surface area contributed by atoms with Crippen LogP contribution < -0.4 is 10.6 Å². The van der Waals surface area contributed by atoms with Gasteiger partial charge in [-0.25, -0.2) is 4.39 Å². The van der Waals surface area contributed by atoms with Crippen molar-refractivity contribution in [3.05, 3.63) is 94.1 Å². The zero-order chi connectivity index (χ0) is 21.8. The van der Waals surface area contributed by atoms with Crippen LogP contribution >= 0.6 is 35.4 Å². The van der Waals surface area contributed by atoms with Crippen LogP contribution in [-0.2, 0) is 13.1 Å². The molecule has 0 saturated carbocycles. The predicted octanol–water partition coefficient (Wildman–Crippen LogP) is 5.43. The molecule has 0 radical (unpaired) electrons. The van der Waals surface area contributed by atoms with E-state index in [4.69, 9.17) is 35.4 Å². The predicted molar refractivity (Wildman–Crippen MR) is 125 cm³/mol. The highest BCUT2D eigenvalue weighted by Gasteiger charge is 2.10. The van der Waals surface area contributed by atoms with Gasteiger partial charge in [-0.05, 0) is 41.5 Å². The first kappa shape index (κ1) is 21.3. The van der Waals surface area contributed by atoms with E-state index in [1.807, 2.05) is 30.5 Å². The monoisotopic (exact) mass is 474 g/mol. The van der Waals surface area contributed by atoms with Gasteiger partial charge < -0.3 is 10.6 Å². The minimum Gasteiger partial charge on any atom is -0.330 e. The van der Waals surface area contributed by atoms with E-state index in [0.29, 0.717) is 39.8 Å². The molecule has 158 valence electrons. The van der Waals surface area contributed by atoms with Crippen molar-refractivity contribution < 1.29 is 4.39 Å². The van der Waals surface area contributed by atoms with Crippen molar-refractivity contribution in [2.75, 3.05) is 10.6 Å². The summed E-state index contributed by atoms with van der Waals surface area (Å²) in [4.78, 5) is 0. The fourth-order valence-corrected chi connectivity index (χ4v) is 3.53. The maximum Gasteiger partial charge on any atom is 0.176 e. The molecule has 2 aromatic carbocycles. The van der Waals surface area contributed by atoms with E-state index in [1.54, 1.807) is 33.9 Å². The molecule has 0 unspecified atom stereocenters. The Hall–Kier alpha value is -2.94. The Morgan fingerprint density at radius 2 is 1.71 bits per heavy atom. The number of rotatable bonds is 6. The van der Waals surface area contributed by atoms with E-state index in [0.717, 1.165) is 11.1 Å². The molecule has 31 heavy (non-hydrogen) atoms. The van der Waals surface area contributed by atoms with E-state index in [2.05, 4.69) is 20.8 Å². The second-order valence-corrected chi connectivity index (χ2v) is 7.97. The molecular weight excluding hydrogens is 458 g/mol. The van der Waals surface area contributed by atoms with Gasteiger partial charge in [0.15, 0.2) is 10.9 Å². The minimum absolute atomic E-state index is 0.281. The van der Waals surface area contributed by atoms with Crippen molar-refractivity contribution in [2.45, 2.75) is 13.1 Å². The van der Waals surface area contributed by atoms with E-state index in [-0.39, 0.29) is 5.82 Å². The van der Waals surface area contributed by atoms with Gasteiger partial charge in [-0.15, -0.1) is 0 Å². The Morgan fingerprint density at radius 3 is 2.48 bits per heavy atom. The van der Waals surface area contributed by atoms with Gasteiger partial charge in [0.05, 0.1) is 25.0 Å². The molecule has 0 saturated heterocycles. The van der Waals surface area contributed by atoms with Crippen LogP contribution in [-0.4, -0.2) is 24.7 Å². The third-order valence-electron chi connectivity index (χ3n) is 4.39.